The van der Waals surface area contributed by atoms with Gasteiger partial charge in [-0.1, -0.05) is 15.9 Å². The molecule has 5 heteroatoms. The Bertz CT molecular complexity index is 173. The number of hydrogen-bond donors (Lipinski definition) is 1. The van der Waals surface area contributed by atoms with Gasteiger partial charge in [-0.25, -0.2) is 0 Å². The number of halogens is 1. The molecule has 70 valence electrons. The van der Waals surface area contributed by atoms with E-state index in [0.29, 0.717) is 18.3 Å². The maximum absolute atomic E-state index is 11.0. The Morgan fingerprint density at radius 2 is 2.08 bits per heavy atom. The lowest BCUT2D eigenvalue weighted by atomic mass is 10.4. The predicted molar refractivity (Wildman–Crippen MR) is 50.1 cm³/mol. The molecule has 0 rings (SSSR count). The van der Waals surface area contributed by atoms with E-state index in [1.807, 2.05) is 0 Å². The maximum atomic E-state index is 11.0. The molecule has 0 atom stereocenters. The molecule has 0 aromatic carbocycles. The first-order chi connectivity index (χ1) is 5.61. The molecule has 0 fully saturated rings. The van der Waals surface area contributed by atoms with E-state index in [9.17, 15) is 9.59 Å². The van der Waals surface area contributed by atoms with Crippen molar-refractivity contribution >= 4 is 27.7 Å². The molecule has 0 aliphatic rings. The first kappa shape index (κ1) is 11.4. The van der Waals surface area contributed by atoms with E-state index in [-0.39, 0.29) is 11.8 Å². The van der Waals surface area contributed by atoms with Gasteiger partial charge in [0.2, 0.25) is 11.8 Å². The molecule has 0 saturated heterocycles. The second-order valence-electron chi connectivity index (χ2n) is 2.37. The van der Waals surface area contributed by atoms with Crippen molar-refractivity contribution in [1.82, 2.24) is 10.2 Å². The summed E-state index contributed by atoms with van der Waals surface area (Å²) in [6.07, 6.45) is 0.353. The summed E-state index contributed by atoms with van der Waals surface area (Å²) < 4.78 is 0. The molecular weight excluding hydrogens is 224 g/mol. The van der Waals surface area contributed by atoms with Gasteiger partial charge in [0.1, 0.15) is 0 Å². The summed E-state index contributed by atoms with van der Waals surface area (Å²) in [5.41, 5.74) is 0. The van der Waals surface area contributed by atoms with Gasteiger partial charge in [-0.2, -0.15) is 0 Å². The monoisotopic (exact) mass is 236 g/mol. The number of nitrogens with zero attached hydrogens (tertiary/aromatic N) is 1. The fourth-order valence-corrected chi connectivity index (χ4v) is 1.05. The molecule has 2 amide bonds. The van der Waals surface area contributed by atoms with Crippen molar-refractivity contribution in [3.63, 3.8) is 0 Å². The van der Waals surface area contributed by atoms with Gasteiger partial charge in [0.25, 0.3) is 0 Å². The van der Waals surface area contributed by atoms with Gasteiger partial charge >= 0.3 is 0 Å². The van der Waals surface area contributed by atoms with Gasteiger partial charge in [-0.3, -0.25) is 9.59 Å². The Morgan fingerprint density at radius 3 is 2.50 bits per heavy atom. The summed E-state index contributed by atoms with van der Waals surface area (Å²) in [7, 11) is 3.25. The second-order valence-corrected chi connectivity index (χ2v) is 2.93. The third kappa shape index (κ3) is 4.33. The Kier molecular flexibility index (Phi) is 5.70. The number of carbonyl (C=O) groups excluding carboxylic acids is 2. The zero-order valence-electron chi connectivity index (χ0n) is 7.26. The van der Waals surface area contributed by atoms with E-state index in [1.165, 1.54) is 4.90 Å². The molecule has 0 aromatic heterocycles. The van der Waals surface area contributed by atoms with Gasteiger partial charge < -0.3 is 10.2 Å². The Labute approximate surface area is 80.4 Å². The molecule has 12 heavy (non-hydrogen) atoms. The van der Waals surface area contributed by atoms with Crippen molar-refractivity contribution in [2.75, 3.05) is 26.0 Å². The van der Waals surface area contributed by atoms with Crippen LogP contribution in [-0.2, 0) is 9.59 Å². The smallest absolute Gasteiger partial charge is 0.232 e. The zero-order valence-corrected chi connectivity index (χ0v) is 8.85. The molecule has 0 aliphatic heterocycles. The molecule has 0 heterocycles. The van der Waals surface area contributed by atoms with Crippen LogP contribution in [-0.4, -0.2) is 42.7 Å². The van der Waals surface area contributed by atoms with E-state index in [4.69, 9.17) is 0 Å². The zero-order chi connectivity index (χ0) is 9.56. The second kappa shape index (κ2) is 5.99. The molecule has 0 spiro atoms. The average molecular weight is 237 g/mol. The standard InChI is InChI=1S/C7H13BrN2O2/c1-9-6(11)3-4-10(2)7(12)5-8/h3-5H2,1-2H3,(H,9,11). The molecule has 0 aliphatic carbocycles. The van der Waals surface area contributed by atoms with Gasteiger partial charge in [0, 0.05) is 27.1 Å². The van der Waals surface area contributed by atoms with Crippen molar-refractivity contribution in [2.24, 2.45) is 0 Å². The Hall–Kier alpha value is -0.580. The predicted octanol–water partition coefficient (Wildman–Crippen LogP) is -0.0242. The lowest BCUT2D eigenvalue weighted by Crippen LogP contribution is -2.31. The van der Waals surface area contributed by atoms with Crippen LogP contribution in [0.1, 0.15) is 6.42 Å². The SMILES string of the molecule is CNC(=O)CCN(C)C(=O)CBr. The largest absolute Gasteiger partial charge is 0.359 e. The molecular formula is C7H13BrN2O2. The number of nitrogens with one attached hydrogen (secondary N) is 1. The van der Waals surface area contributed by atoms with E-state index in [0.717, 1.165) is 0 Å². The van der Waals surface area contributed by atoms with Gasteiger partial charge in [-0.05, 0) is 0 Å². The molecule has 1 N–H and O–H groups in total. The van der Waals surface area contributed by atoms with E-state index in [2.05, 4.69) is 21.2 Å². The van der Waals surface area contributed by atoms with Crippen LogP contribution in [0, 0.1) is 0 Å². The highest BCUT2D eigenvalue weighted by Crippen LogP contribution is 1.92. The fourth-order valence-electron chi connectivity index (χ4n) is 0.621. The van der Waals surface area contributed by atoms with Crippen LogP contribution in [0.25, 0.3) is 0 Å². The molecule has 0 aromatic rings. The van der Waals surface area contributed by atoms with Crippen molar-refractivity contribution in [3.8, 4) is 0 Å². The number of carbonyl (C=O) groups is 2. The summed E-state index contributed by atoms with van der Waals surface area (Å²) in [6.45, 7) is 0.462. The van der Waals surface area contributed by atoms with Crippen LogP contribution in [0.4, 0.5) is 0 Å². The van der Waals surface area contributed by atoms with Crippen molar-refractivity contribution < 1.29 is 9.59 Å². The summed E-state index contributed by atoms with van der Waals surface area (Å²) in [5.74, 6) is -0.0666. The highest BCUT2D eigenvalue weighted by molar-refractivity contribution is 9.09. The minimum Gasteiger partial charge on any atom is -0.359 e. The maximum Gasteiger partial charge on any atom is 0.232 e. The lowest BCUT2D eigenvalue weighted by molar-refractivity contribution is -0.127. The fraction of sp³-hybridized carbons (Fsp3) is 0.714. The first-order valence-electron chi connectivity index (χ1n) is 3.62. The normalized spacial score (nSPS) is 9.25. The minimum absolute atomic E-state index is 0.0149. The van der Waals surface area contributed by atoms with Crippen LogP contribution in [0.15, 0.2) is 0 Å². The average Bonchev–Trinajstić information content (AvgIpc) is 2.11. The van der Waals surface area contributed by atoms with Crippen molar-refractivity contribution in [3.05, 3.63) is 0 Å². The van der Waals surface area contributed by atoms with Gasteiger partial charge in [0.15, 0.2) is 0 Å². The number of alkyl halides is 1. The quantitative estimate of drug-likeness (QED) is 0.698. The van der Waals surface area contributed by atoms with Gasteiger partial charge in [-0.15, -0.1) is 0 Å². The van der Waals surface area contributed by atoms with Gasteiger partial charge in [0.05, 0.1) is 5.33 Å². The molecule has 0 saturated carbocycles. The third-order valence-electron chi connectivity index (χ3n) is 1.49. The summed E-state index contributed by atoms with van der Waals surface area (Å²) in [6, 6.07) is 0. The molecule has 0 radical (unpaired) electrons. The topological polar surface area (TPSA) is 49.4 Å². The first-order valence-corrected chi connectivity index (χ1v) is 4.74. The van der Waals surface area contributed by atoms with Crippen LogP contribution >= 0.6 is 15.9 Å². The highest BCUT2D eigenvalue weighted by Gasteiger charge is 2.07. The lowest BCUT2D eigenvalue weighted by Gasteiger charge is -2.14. The van der Waals surface area contributed by atoms with Crippen LogP contribution in [0.3, 0.4) is 0 Å². The van der Waals surface area contributed by atoms with Crippen LogP contribution in [0.2, 0.25) is 0 Å². The van der Waals surface area contributed by atoms with Crippen LogP contribution in [0.5, 0.6) is 0 Å². The highest BCUT2D eigenvalue weighted by atomic mass is 79.9. The molecule has 0 bridgehead atoms. The third-order valence-corrected chi connectivity index (χ3v) is 1.97. The minimum atomic E-state index is -0.0516. The summed E-state index contributed by atoms with van der Waals surface area (Å²) in [4.78, 5) is 23.2. The number of amides is 2. The molecule has 0 unspecified atom stereocenters. The van der Waals surface area contributed by atoms with E-state index >= 15 is 0 Å². The van der Waals surface area contributed by atoms with Crippen LogP contribution < -0.4 is 5.32 Å². The Balaban J connectivity index is 3.63. The Morgan fingerprint density at radius 1 is 1.50 bits per heavy atom. The molecule has 4 nitrogen and oxygen atoms in total. The summed E-state index contributed by atoms with van der Waals surface area (Å²) in [5, 5.41) is 2.79. The van der Waals surface area contributed by atoms with E-state index < -0.39 is 0 Å². The van der Waals surface area contributed by atoms with Crippen molar-refractivity contribution in [1.29, 1.82) is 0 Å². The van der Waals surface area contributed by atoms with Crippen molar-refractivity contribution in [2.45, 2.75) is 6.42 Å². The summed E-state index contributed by atoms with van der Waals surface area (Å²) >= 11 is 3.05. The number of hydrogen-bond acceptors (Lipinski definition) is 2. The van der Waals surface area contributed by atoms with E-state index in [1.54, 1.807) is 14.1 Å². The number of rotatable bonds is 4.